The SMILES string of the molecule is CC(=O)NCCCNCC(O)c1ccc2ccccc2c1. The summed E-state index contributed by atoms with van der Waals surface area (Å²) in [7, 11) is 0. The van der Waals surface area contributed by atoms with E-state index in [0.717, 1.165) is 23.9 Å². The molecule has 1 atom stereocenters. The third-order valence-electron chi connectivity index (χ3n) is 3.40. The van der Waals surface area contributed by atoms with Crippen LogP contribution in [0.2, 0.25) is 0 Å². The maximum atomic E-state index is 10.7. The molecule has 4 heteroatoms. The lowest BCUT2D eigenvalue weighted by Gasteiger charge is -2.13. The van der Waals surface area contributed by atoms with E-state index in [1.807, 2.05) is 36.4 Å². The van der Waals surface area contributed by atoms with Crippen LogP contribution < -0.4 is 10.6 Å². The molecule has 0 saturated heterocycles. The molecular weight excluding hydrogens is 264 g/mol. The van der Waals surface area contributed by atoms with Crippen molar-refractivity contribution in [2.45, 2.75) is 19.4 Å². The normalized spacial score (nSPS) is 12.3. The number of aliphatic hydroxyl groups excluding tert-OH is 1. The Balaban J connectivity index is 1.79. The van der Waals surface area contributed by atoms with E-state index in [1.54, 1.807) is 0 Å². The molecule has 0 bridgehead atoms. The van der Waals surface area contributed by atoms with Crippen LogP contribution >= 0.6 is 0 Å². The van der Waals surface area contributed by atoms with Gasteiger partial charge in [-0.3, -0.25) is 4.79 Å². The molecule has 1 unspecified atom stereocenters. The van der Waals surface area contributed by atoms with E-state index >= 15 is 0 Å². The summed E-state index contributed by atoms with van der Waals surface area (Å²) in [5.74, 6) is -0.00815. The maximum Gasteiger partial charge on any atom is 0.216 e. The molecule has 0 aromatic heterocycles. The average Bonchev–Trinajstić information content (AvgIpc) is 2.49. The molecule has 2 rings (SSSR count). The summed E-state index contributed by atoms with van der Waals surface area (Å²) in [5.41, 5.74) is 0.920. The first-order valence-electron chi connectivity index (χ1n) is 7.29. The predicted octanol–water partition coefficient (Wildman–Crippen LogP) is 1.99. The van der Waals surface area contributed by atoms with E-state index in [0.29, 0.717) is 13.1 Å². The lowest BCUT2D eigenvalue weighted by Crippen LogP contribution is -2.27. The third-order valence-corrected chi connectivity index (χ3v) is 3.40. The standard InChI is InChI=1S/C17H22N2O2/c1-13(20)19-10-4-9-18-12-17(21)16-8-7-14-5-2-3-6-15(14)11-16/h2-3,5-8,11,17-18,21H,4,9-10,12H2,1H3,(H,19,20). The van der Waals surface area contributed by atoms with Crippen molar-refractivity contribution in [2.75, 3.05) is 19.6 Å². The molecule has 21 heavy (non-hydrogen) atoms. The third kappa shape index (κ3) is 4.85. The number of hydrogen-bond acceptors (Lipinski definition) is 3. The van der Waals surface area contributed by atoms with Gasteiger partial charge in [0.25, 0.3) is 0 Å². The van der Waals surface area contributed by atoms with Crippen molar-refractivity contribution in [2.24, 2.45) is 0 Å². The topological polar surface area (TPSA) is 61.4 Å². The summed E-state index contributed by atoms with van der Waals surface area (Å²) in [6, 6.07) is 14.1. The van der Waals surface area contributed by atoms with Gasteiger partial charge in [0.1, 0.15) is 0 Å². The number of rotatable bonds is 7. The molecule has 0 fully saturated rings. The minimum atomic E-state index is -0.518. The highest BCUT2D eigenvalue weighted by Crippen LogP contribution is 2.19. The van der Waals surface area contributed by atoms with Crippen molar-refractivity contribution in [3.8, 4) is 0 Å². The van der Waals surface area contributed by atoms with Crippen molar-refractivity contribution in [1.82, 2.24) is 10.6 Å². The Morgan fingerprint density at radius 3 is 2.67 bits per heavy atom. The quantitative estimate of drug-likeness (QED) is 0.682. The lowest BCUT2D eigenvalue weighted by atomic mass is 10.0. The van der Waals surface area contributed by atoms with Gasteiger partial charge in [-0.05, 0) is 35.4 Å². The van der Waals surface area contributed by atoms with E-state index in [9.17, 15) is 9.90 Å². The second-order valence-corrected chi connectivity index (χ2v) is 5.16. The first kappa shape index (κ1) is 15.5. The highest BCUT2D eigenvalue weighted by atomic mass is 16.3. The van der Waals surface area contributed by atoms with E-state index in [4.69, 9.17) is 0 Å². The van der Waals surface area contributed by atoms with Crippen LogP contribution in [-0.2, 0) is 4.79 Å². The van der Waals surface area contributed by atoms with E-state index < -0.39 is 6.10 Å². The second-order valence-electron chi connectivity index (χ2n) is 5.16. The number of hydrogen-bond donors (Lipinski definition) is 3. The molecule has 0 heterocycles. The van der Waals surface area contributed by atoms with Gasteiger partial charge in [-0.15, -0.1) is 0 Å². The number of fused-ring (bicyclic) bond motifs is 1. The Bertz CT molecular complexity index is 598. The van der Waals surface area contributed by atoms with Gasteiger partial charge >= 0.3 is 0 Å². The van der Waals surface area contributed by atoms with Crippen LogP contribution in [0.15, 0.2) is 42.5 Å². The van der Waals surface area contributed by atoms with Crippen LogP contribution in [0, 0.1) is 0 Å². The minimum absolute atomic E-state index is 0.00815. The van der Waals surface area contributed by atoms with E-state index in [2.05, 4.69) is 16.7 Å². The van der Waals surface area contributed by atoms with Crippen LogP contribution in [0.3, 0.4) is 0 Å². The summed E-state index contributed by atoms with van der Waals surface area (Å²) in [4.78, 5) is 10.7. The largest absolute Gasteiger partial charge is 0.387 e. The molecule has 2 aromatic rings. The Labute approximate surface area is 125 Å². The average molecular weight is 286 g/mol. The fourth-order valence-electron chi connectivity index (χ4n) is 2.25. The summed E-state index contributed by atoms with van der Waals surface area (Å²) in [5, 5.41) is 18.5. The van der Waals surface area contributed by atoms with Crippen LogP contribution in [0.25, 0.3) is 10.8 Å². The molecule has 3 N–H and O–H groups in total. The van der Waals surface area contributed by atoms with Crippen LogP contribution in [-0.4, -0.2) is 30.6 Å². The number of aliphatic hydroxyl groups is 1. The molecule has 1 amide bonds. The predicted molar refractivity (Wildman–Crippen MR) is 85.1 cm³/mol. The Hall–Kier alpha value is -1.91. The summed E-state index contributed by atoms with van der Waals surface area (Å²) in [6.07, 6.45) is 0.333. The van der Waals surface area contributed by atoms with Gasteiger partial charge in [0, 0.05) is 20.0 Å². The highest BCUT2D eigenvalue weighted by Gasteiger charge is 2.07. The van der Waals surface area contributed by atoms with Crippen molar-refractivity contribution in [3.63, 3.8) is 0 Å². The number of benzene rings is 2. The molecular formula is C17H22N2O2. The minimum Gasteiger partial charge on any atom is -0.387 e. The molecule has 0 aliphatic carbocycles. The van der Waals surface area contributed by atoms with Gasteiger partial charge in [-0.25, -0.2) is 0 Å². The first-order chi connectivity index (χ1) is 10.2. The molecule has 112 valence electrons. The van der Waals surface area contributed by atoms with Crippen molar-refractivity contribution < 1.29 is 9.90 Å². The number of carbonyl (C=O) groups is 1. The van der Waals surface area contributed by atoms with Gasteiger partial charge in [0.05, 0.1) is 6.10 Å². The molecule has 0 radical (unpaired) electrons. The van der Waals surface area contributed by atoms with Crippen LogP contribution in [0.4, 0.5) is 0 Å². The number of amides is 1. The van der Waals surface area contributed by atoms with Gasteiger partial charge in [0.15, 0.2) is 0 Å². The maximum absolute atomic E-state index is 10.7. The van der Waals surface area contributed by atoms with E-state index in [-0.39, 0.29) is 5.91 Å². The zero-order valence-electron chi connectivity index (χ0n) is 12.3. The molecule has 0 aliphatic heterocycles. The summed E-state index contributed by atoms with van der Waals surface area (Å²) < 4.78 is 0. The molecule has 4 nitrogen and oxygen atoms in total. The van der Waals surface area contributed by atoms with Gasteiger partial charge in [-0.2, -0.15) is 0 Å². The monoisotopic (exact) mass is 286 g/mol. The van der Waals surface area contributed by atoms with Crippen LogP contribution in [0.1, 0.15) is 25.0 Å². The lowest BCUT2D eigenvalue weighted by molar-refractivity contribution is -0.118. The number of carbonyl (C=O) groups excluding carboxylic acids is 1. The molecule has 2 aromatic carbocycles. The Morgan fingerprint density at radius 2 is 1.90 bits per heavy atom. The Kier molecular flexibility index (Phi) is 5.72. The van der Waals surface area contributed by atoms with Gasteiger partial charge in [-0.1, -0.05) is 36.4 Å². The molecule has 0 aliphatic rings. The van der Waals surface area contributed by atoms with Crippen molar-refractivity contribution in [3.05, 3.63) is 48.0 Å². The highest BCUT2D eigenvalue weighted by molar-refractivity contribution is 5.83. The second kappa shape index (κ2) is 7.76. The van der Waals surface area contributed by atoms with Gasteiger partial charge in [0.2, 0.25) is 5.91 Å². The first-order valence-corrected chi connectivity index (χ1v) is 7.29. The molecule has 0 saturated carbocycles. The Morgan fingerprint density at radius 1 is 1.14 bits per heavy atom. The number of nitrogens with one attached hydrogen (secondary N) is 2. The smallest absolute Gasteiger partial charge is 0.216 e. The summed E-state index contributed by atoms with van der Waals surface area (Å²) in [6.45, 7) is 3.45. The fraction of sp³-hybridized carbons (Fsp3) is 0.353. The van der Waals surface area contributed by atoms with Crippen molar-refractivity contribution >= 4 is 16.7 Å². The zero-order valence-corrected chi connectivity index (χ0v) is 12.3. The fourth-order valence-corrected chi connectivity index (χ4v) is 2.25. The van der Waals surface area contributed by atoms with Crippen molar-refractivity contribution in [1.29, 1.82) is 0 Å². The van der Waals surface area contributed by atoms with E-state index in [1.165, 1.54) is 12.3 Å². The molecule has 0 spiro atoms. The summed E-state index contributed by atoms with van der Waals surface area (Å²) >= 11 is 0. The zero-order chi connectivity index (χ0) is 15.1. The van der Waals surface area contributed by atoms with Crippen LogP contribution in [0.5, 0.6) is 0 Å². The van der Waals surface area contributed by atoms with Gasteiger partial charge < -0.3 is 15.7 Å².